The highest BCUT2D eigenvalue weighted by molar-refractivity contribution is 6.29. The molecule has 1 aliphatic heterocycles. The van der Waals surface area contributed by atoms with Crippen LogP contribution in [-0.4, -0.2) is 45.3 Å². The third kappa shape index (κ3) is 7.06. The summed E-state index contributed by atoms with van der Waals surface area (Å²) in [5.41, 5.74) is 9.34. The Morgan fingerprint density at radius 2 is 1.57 bits per heavy atom. The highest BCUT2D eigenvalue weighted by Crippen LogP contribution is 2.35. The first-order valence-electron chi connectivity index (χ1n) is 12.7. The summed E-state index contributed by atoms with van der Waals surface area (Å²) in [5.74, 6) is 0. The van der Waals surface area contributed by atoms with Gasteiger partial charge in [-0.25, -0.2) is 4.79 Å². The Morgan fingerprint density at radius 3 is 2.05 bits per heavy atom. The molecule has 8 heteroatoms. The predicted octanol–water partition coefficient (Wildman–Crippen LogP) is 5.41. The molecule has 1 amide bonds. The van der Waals surface area contributed by atoms with Crippen molar-refractivity contribution < 1.29 is 9.90 Å². The molecule has 2 aromatic rings. The van der Waals surface area contributed by atoms with Crippen molar-refractivity contribution in [1.29, 1.82) is 0 Å². The number of hydrogen-bond acceptors (Lipinski definition) is 5. The molecule has 5 N–H and O–H groups in total. The van der Waals surface area contributed by atoms with Crippen molar-refractivity contribution in [3.05, 3.63) is 94.4 Å². The van der Waals surface area contributed by atoms with Gasteiger partial charge in [0.25, 0.3) is 0 Å². The smallest absolute Gasteiger partial charge is 0.407 e. The Hall–Kier alpha value is -3.00. The van der Waals surface area contributed by atoms with E-state index >= 15 is 0 Å². The van der Waals surface area contributed by atoms with Crippen LogP contribution >= 0.6 is 11.6 Å². The third-order valence-corrected chi connectivity index (χ3v) is 7.17. The van der Waals surface area contributed by atoms with Crippen LogP contribution in [0.1, 0.15) is 51.7 Å². The SMILES string of the molecule is CC1=C(Cl)NC=C(N)C1(NCCCCN(C(=O)O)C(C)(C)C)N(Cc1ccccc1)Cc1ccccc1. The summed E-state index contributed by atoms with van der Waals surface area (Å²) in [4.78, 5) is 15.5. The predicted molar refractivity (Wildman–Crippen MR) is 151 cm³/mol. The Bertz CT molecular complexity index is 1060. The second kappa shape index (κ2) is 12.5. The van der Waals surface area contributed by atoms with Crippen LogP contribution in [-0.2, 0) is 13.1 Å². The molecule has 0 saturated heterocycles. The number of halogens is 1. The number of benzene rings is 2. The third-order valence-electron chi connectivity index (χ3n) is 6.78. The number of rotatable bonds is 11. The quantitative estimate of drug-likeness (QED) is 0.178. The summed E-state index contributed by atoms with van der Waals surface area (Å²) in [5, 5.41) is 17.0. The van der Waals surface area contributed by atoms with E-state index in [0.717, 1.165) is 29.5 Å². The molecular weight excluding hydrogens is 486 g/mol. The van der Waals surface area contributed by atoms with Gasteiger partial charge in [-0.1, -0.05) is 72.3 Å². The number of carboxylic acid groups (broad SMARTS) is 1. The average molecular weight is 526 g/mol. The molecule has 0 radical (unpaired) electrons. The topological polar surface area (TPSA) is 93.9 Å². The molecule has 1 atom stereocenters. The summed E-state index contributed by atoms with van der Waals surface area (Å²) < 4.78 is 0. The lowest BCUT2D eigenvalue weighted by Crippen LogP contribution is -2.64. The lowest BCUT2D eigenvalue weighted by atomic mass is 9.91. The van der Waals surface area contributed by atoms with Gasteiger partial charge in [0.2, 0.25) is 0 Å². The molecule has 1 aliphatic rings. The number of hydrogen-bond donors (Lipinski definition) is 4. The second-order valence-electron chi connectivity index (χ2n) is 10.5. The van der Waals surface area contributed by atoms with Crippen molar-refractivity contribution in [2.24, 2.45) is 5.73 Å². The van der Waals surface area contributed by atoms with Crippen LogP contribution in [0.5, 0.6) is 0 Å². The zero-order valence-corrected chi connectivity index (χ0v) is 23.1. The van der Waals surface area contributed by atoms with Crippen molar-refractivity contribution >= 4 is 17.7 Å². The van der Waals surface area contributed by atoms with E-state index in [2.05, 4.69) is 39.8 Å². The Morgan fingerprint density at radius 1 is 1.03 bits per heavy atom. The van der Waals surface area contributed by atoms with Gasteiger partial charge in [-0.3, -0.25) is 10.2 Å². The van der Waals surface area contributed by atoms with Crippen molar-refractivity contribution in [2.45, 2.75) is 64.8 Å². The monoisotopic (exact) mass is 525 g/mol. The number of carbonyl (C=O) groups is 1. The fourth-order valence-corrected chi connectivity index (χ4v) is 4.97. The number of nitrogens with two attached hydrogens (primary N) is 1. The number of amides is 1. The maximum absolute atomic E-state index is 11.7. The lowest BCUT2D eigenvalue weighted by molar-refractivity contribution is 0.0909. The van der Waals surface area contributed by atoms with E-state index in [-0.39, 0.29) is 0 Å². The van der Waals surface area contributed by atoms with E-state index in [4.69, 9.17) is 17.3 Å². The molecular formula is C29H40ClN5O2. The molecule has 2 aromatic carbocycles. The van der Waals surface area contributed by atoms with Gasteiger partial charge >= 0.3 is 6.09 Å². The van der Waals surface area contributed by atoms with Crippen LogP contribution in [0.3, 0.4) is 0 Å². The van der Waals surface area contributed by atoms with E-state index in [0.29, 0.717) is 37.0 Å². The molecule has 7 nitrogen and oxygen atoms in total. The zero-order valence-electron chi connectivity index (χ0n) is 22.3. The minimum Gasteiger partial charge on any atom is -0.465 e. The van der Waals surface area contributed by atoms with E-state index in [9.17, 15) is 9.90 Å². The van der Waals surface area contributed by atoms with Gasteiger partial charge in [-0.05, 0) is 58.2 Å². The molecule has 0 saturated carbocycles. The molecule has 0 spiro atoms. The Labute approximate surface area is 226 Å². The molecule has 0 aromatic heterocycles. The van der Waals surface area contributed by atoms with Crippen LogP contribution in [0.15, 0.2) is 83.3 Å². The van der Waals surface area contributed by atoms with Gasteiger partial charge in [-0.15, -0.1) is 0 Å². The molecule has 0 fully saturated rings. The summed E-state index contributed by atoms with van der Waals surface area (Å²) in [6, 6.07) is 20.6. The van der Waals surface area contributed by atoms with Crippen molar-refractivity contribution in [2.75, 3.05) is 13.1 Å². The van der Waals surface area contributed by atoms with Crippen LogP contribution in [0.4, 0.5) is 4.79 Å². The van der Waals surface area contributed by atoms with Crippen LogP contribution in [0.2, 0.25) is 0 Å². The molecule has 0 bridgehead atoms. The van der Waals surface area contributed by atoms with Crippen LogP contribution in [0, 0.1) is 0 Å². The average Bonchev–Trinajstić information content (AvgIpc) is 2.85. The van der Waals surface area contributed by atoms with Gasteiger partial charge in [0.05, 0.1) is 5.70 Å². The summed E-state index contributed by atoms with van der Waals surface area (Å²) in [7, 11) is 0. The van der Waals surface area contributed by atoms with Gasteiger partial charge in [0, 0.05) is 36.9 Å². The molecule has 3 rings (SSSR count). The summed E-state index contributed by atoms with van der Waals surface area (Å²) in [6.45, 7) is 10.1. The Kier molecular flexibility index (Phi) is 9.65. The van der Waals surface area contributed by atoms with E-state index in [1.165, 1.54) is 4.90 Å². The molecule has 200 valence electrons. The molecule has 1 unspecified atom stereocenters. The number of unbranched alkanes of at least 4 members (excludes halogenated alkanes) is 1. The normalized spacial score (nSPS) is 17.9. The van der Waals surface area contributed by atoms with E-state index in [1.807, 2.05) is 64.1 Å². The standard InChI is InChI=1S/C29H40ClN5O2/c1-22-26(30)32-19-25(31)29(22,33-17-11-12-18-35(27(36)37)28(2,3)4)34(20-23-13-7-5-8-14-23)21-24-15-9-6-10-16-24/h5-10,13-16,19,32-33H,11-12,17-18,20-21,31H2,1-4H3,(H,36,37). The van der Waals surface area contributed by atoms with Crippen molar-refractivity contribution in [3.63, 3.8) is 0 Å². The minimum absolute atomic E-state index is 0.447. The van der Waals surface area contributed by atoms with Crippen LogP contribution in [0.25, 0.3) is 0 Å². The highest BCUT2D eigenvalue weighted by Gasteiger charge is 2.44. The fourth-order valence-electron chi connectivity index (χ4n) is 4.78. The first-order valence-corrected chi connectivity index (χ1v) is 13.1. The first kappa shape index (κ1) is 28.6. The van der Waals surface area contributed by atoms with Crippen molar-refractivity contribution in [3.8, 4) is 0 Å². The largest absolute Gasteiger partial charge is 0.465 e. The lowest BCUT2D eigenvalue weighted by Gasteiger charge is -2.48. The highest BCUT2D eigenvalue weighted by atomic mass is 35.5. The van der Waals surface area contributed by atoms with Gasteiger partial charge in [0.1, 0.15) is 10.8 Å². The number of nitrogens with one attached hydrogen (secondary N) is 2. The van der Waals surface area contributed by atoms with Gasteiger partial charge < -0.3 is 21.1 Å². The van der Waals surface area contributed by atoms with E-state index < -0.39 is 17.3 Å². The summed E-state index contributed by atoms with van der Waals surface area (Å²) >= 11 is 6.66. The minimum atomic E-state index is -0.898. The van der Waals surface area contributed by atoms with Gasteiger partial charge in [0.15, 0.2) is 0 Å². The molecule has 37 heavy (non-hydrogen) atoms. The molecule has 1 heterocycles. The Balaban J connectivity index is 1.88. The summed E-state index contributed by atoms with van der Waals surface area (Å²) in [6.07, 6.45) is 2.36. The maximum Gasteiger partial charge on any atom is 0.407 e. The zero-order chi connectivity index (χ0) is 27.1. The number of nitrogens with zero attached hydrogens (tertiary/aromatic N) is 2. The second-order valence-corrected chi connectivity index (χ2v) is 10.8. The van der Waals surface area contributed by atoms with E-state index in [1.54, 1.807) is 6.20 Å². The van der Waals surface area contributed by atoms with Crippen molar-refractivity contribution in [1.82, 2.24) is 20.4 Å². The fraction of sp³-hybridized carbons (Fsp3) is 0.414. The number of dihydropyridines is 1. The first-order chi connectivity index (χ1) is 17.6. The van der Waals surface area contributed by atoms with Crippen LogP contribution < -0.4 is 16.4 Å². The van der Waals surface area contributed by atoms with Gasteiger partial charge in [-0.2, -0.15) is 0 Å². The maximum atomic E-state index is 11.7. The molecule has 0 aliphatic carbocycles.